The van der Waals surface area contributed by atoms with E-state index in [2.05, 4.69) is 32.5 Å². The van der Waals surface area contributed by atoms with Gasteiger partial charge < -0.3 is 19.1 Å². The summed E-state index contributed by atoms with van der Waals surface area (Å²) in [4.78, 5) is 23.4. The van der Waals surface area contributed by atoms with Crippen LogP contribution in [0.4, 0.5) is 5.82 Å². The van der Waals surface area contributed by atoms with Gasteiger partial charge in [0.15, 0.2) is 0 Å². The third-order valence-electron chi connectivity index (χ3n) is 4.51. The van der Waals surface area contributed by atoms with Gasteiger partial charge in [0.1, 0.15) is 9.52 Å². The molecule has 8 heteroatoms. The summed E-state index contributed by atoms with van der Waals surface area (Å²) in [5.41, 5.74) is 0.967. The Balaban J connectivity index is 2.01. The number of piperidine rings is 1. The number of halogens is 1. The average molecular weight is 477 g/mol. The van der Waals surface area contributed by atoms with Crippen molar-refractivity contribution in [1.29, 1.82) is 0 Å². The van der Waals surface area contributed by atoms with Crippen LogP contribution in [-0.4, -0.2) is 63.1 Å². The lowest BCUT2D eigenvalue weighted by atomic mass is 9.97. The smallest absolute Gasteiger partial charge is 0.309 e. The monoisotopic (exact) mass is 477 g/mol. The second-order valence-electron chi connectivity index (χ2n) is 6.46. The Morgan fingerprint density at radius 3 is 2.54 bits per heavy atom. The lowest BCUT2D eigenvalue weighted by Gasteiger charge is -2.31. The van der Waals surface area contributed by atoms with Gasteiger partial charge in [-0.1, -0.05) is 0 Å². The molecule has 26 heavy (non-hydrogen) atoms. The van der Waals surface area contributed by atoms with E-state index in [0.717, 1.165) is 47.6 Å². The number of hydrogen-bond acceptors (Lipinski definition) is 7. The molecular formula is C18H28IN3O4. The number of esters is 1. The van der Waals surface area contributed by atoms with Crippen molar-refractivity contribution in [3.05, 3.63) is 15.6 Å². The first-order valence-corrected chi connectivity index (χ1v) is 10.1. The Bertz CT molecular complexity index is 574. The average Bonchev–Trinajstić information content (AvgIpc) is 2.64. The Morgan fingerprint density at radius 2 is 1.96 bits per heavy atom. The minimum absolute atomic E-state index is 0.00438. The summed E-state index contributed by atoms with van der Waals surface area (Å²) in [6.07, 6.45) is 4.16. The SMILES string of the molecule is CCOC(=O)C1CCN(c2cnc(I)c(CC(COC)COC)n2)CC1. The highest BCUT2D eigenvalue weighted by molar-refractivity contribution is 14.1. The number of nitrogens with zero attached hydrogens (tertiary/aromatic N) is 3. The number of ether oxygens (including phenoxy) is 3. The quantitative estimate of drug-likeness (QED) is 0.399. The second-order valence-corrected chi connectivity index (χ2v) is 7.48. The number of methoxy groups -OCH3 is 2. The van der Waals surface area contributed by atoms with Gasteiger partial charge >= 0.3 is 5.97 Å². The van der Waals surface area contributed by atoms with Crippen molar-refractivity contribution in [2.75, 3.05) is 52.0 Å². The van der Waals surface area contributed by atoms with E-state index >= 15 is 0 Å². The largest absolute Gasteiger partial charge is 0.466 e. The number of anilines is 1. The summed E-state index contributed by atoms with van der Waals surface area (Å²) in [6.45, 7) is 5.11. The van der Waals surface area contributed by atoms with Crippen molar-refractivity contribution in [3.8, 4) is 0 Å². The fourth-order valence-corrected chi connectivity index (χ4v) is 3.68. The van der Waals surface area contributed by atoms with Crippen LogP contribution in [0.1, 0.15) is 25.5 Å². The molecule has 1 saturated heterocycles. The van der Waals surface area contributed by atoms with E-state index in [1.807, 2.05) is 13.1 Å². The van der Waals surface area contributed by atoms with Gasteiger partial charge in [-0.3, -0.25) is 4.79 Å². The number of hydrogen-bond donors (Lipinski definition) is 0. The third kappa shape index (κ3) is 6.02. The molecule has 0 N–H and O–H groups in total. The van der Waals surface area contributed by atoms with Crippen LogP contribution in [0.2, 0.25) is 0 Å². The van der Waals surface area contributed by atoms with Crippen molar-refractivity contribution < 1.29 is 19.0 Å². The number of carbonyl (C=O) groups is 1. The highest BCUT2D eigenvalue weighted by Gasteiger charge is 2.27. The number of rotatable bonds is 9. The molecule has 1 fully saturated rings. The maximum Gasteiger partial charge on any atom is 0.309 e. The van der Waals surface area contributed by atoms with Gasteiger partial charge in [-0.15, -0.1) is 0 Å². The predicted molar refractivity (Wildman–Crippen MR) is 107 cm³/mol. The van der Waals surface area contributed by atoms with Gasteiger partial charge in [0.2, 0.25) is 0 Å². The zero-order valence-corrected chi connectivity index (χ0v) is 17.9. The maximum absolute atomic E-state index is 11.9. The maximum atomic E-state index is 11.9. The number of carbonyl (C=O) groups excluding carboxylic acids is 1. The molecule has 0 saturated carbocycles. The molecule has 146 valence electrons. The summed E-state index contributed by atoms with van der Waals surface area (Å²) in [7, 11) is 3.40. The summed E-state index contributed by atoms with van der Waals surface area (Å²) in [5.74, 6) is 1.03. The summed E-state index contributed by atoms with van der Waals surface area (Å²) in [6, 6.07) is 0. The lowest BCUT2D eigenvalue weighted by molar-refractivity contribution is -0.148. The molecule has 1 aromatic heterocycles. The predicted octanol–water partition coefficient (Wildman–Crippen LogP) is 2.31. The Labute approximate surface area is 168 Å². The molecule has 0 amide bonds. The van der Waals surface area contributed by atoms with E-state index in [-0.39, 0.29) is 17.8 Å². The van der Waals surface area contributed by atoms with Crippen LogP contribution in [0.15, 0.2) is 6.20 Å². The lowest BCUT2D eigenvalue weighted by Crippen LogP contribution is -2.37. The molecule has 1 aliphatic heterocycles. The topological polar surface area (TPSA) is 73.8 Å². The molecule has 0 aliphatic carbocycles. The summed E-state index contributed by atoms with van der Waals surface area (Å²) >= 11 is 2.22. The Morgan fingerprint density at radius 1 is 1.31 bits per heavy atom. The summed E-state index contributed by atoms with van der Waals surface area (Å²) in [5, 5.41) is 0. The first-order valence-electron chi connectivity index (χ1n) is 8.99. The van der Waals surface area contributed by atoms with E-state index in [9.17, 15) is 4.79 Å². The molecule has 2 rings (SSSR count). The van der Waals surface area contributed by atoms with Crippen molar-refractivity contribution in [1.82, 2.24) is 9.97 Å². The van der Waals surface area contributed by atoms with Crippen molar-refractivity contribution >= 4 is 34.4 Å². The van der Waals surface area contributed by atoms with Crippen LogP contribution >= 0.6 is 22.6 Å². The molecule has 0 spiro atoms. The highest BCUT2D eigenvalue weighted by Crippen LogP contribution is 2.24. The van der Waals surface area contributed by atoms with E-state index in [0.29, 0.717) is 19.8 Å². The minimum atomic E-state index is -0.0801. The molecule has 0 aromatic carbocycles. The number of aromatic nitrogens is 2. The van der Waals surface area contributed by atoms with Gasteiger partial charge in [-0.05, 0) is 48.8 Å². The van der Waals surface area contributed by atoms with Crippen LogP contribution in [0.5, 0.6) is 0 Å². The van der Waals surface area contributed by atoms with Crippen LogP contribution < -0.4 is 4.90 Å². The zero-order valence-electron chi connectivity index (χ0n) is 15.7. The molecular weight excluding hydrogens is 449 g/mol. The Hall–Kier alpha value is -1.00. The molecule has 0 unspecified atom stereocenters. The molecule has 7 nitrogen and oxygen atoms in total. The van der Waals surface area contributed by atoms with Crippen molar-refractivity contribution in [2.45, 2.75) is 26.2 Å². The van der Waals surface area contributed by atoms with Gasteiger partial charge in [0.25, 0.3) is 0 Å². The zero-order chi connectivity index (χ0) is 18.9. The van der Waals surface area contributed by atoms with Crippen LogP contribution in [0.3, 0.4) is 0 Å². The van der Waals surface area contributed by atoms with Crippen molar-refractivity contribution in [3.63, 3.8) is 0 Å². The third-order valence-corrected chi connectivity index (χ3v) is 5.41. The normalized spacial score (nSPS) is 15.5. The fourth-order valence-electron chi connectivity index (χ4n) is 3.20. The molecule has 1 aliphatic rings. The van der Waals surface area contributed by atoms with E-state index in [4.69, 9.17) is 19.2 Å². The first kappa shape index (κ1) is 21.3. The van der Waals surface area contributed by atoms with E-state index in [1.165, 1.54) is 0 Å². The van der Waals surface area contributed by atoms with Gasteiger partial charge in [0, 0.05) is 33.2 Å². The van der Waals surface area contributed by atoms with Crippen LogP contribution in [0, 0.1) is 15.5 Å². The van der Waals surface area contributed by atoms with Gasteiger partial charge in [-0.25, -0.2) is 9.97 Å². The van der Waals surface area contributed by atoms with Crippen LogP contribution in [-0.2, 0) is 25.4 Å². The van der Waals surface area contributed by atoms with E-state index in [1.54, 1.807) is 14.2 Å². The molecule has 0 atom stereocenters. The van der Waals surface area contributed by atoms with Crippen molar-refractivity contribution in [2.24, 2.45) is 11.8 Å². The first-order chi connectivity index (χ1) is 12.6. The standard InChI is InChI=1S/C18H28IN3O4/c1-4-26-18(23)14-5-7-22(8-6-14)16-10-20-17(19)15(21-16)9-13(11-24-2)12-25-3/h10,13-14H,4-9,11-12H2,1-3H3. The summed E-state index contributed by atoms with van der Waals surface area (Å²) < 4.78 is 16.6. The van der Waals surface area contributed by atoms with Crippen LogP contribution in [0.25, 0.3) is 0 Å². The van der Waals surface area contributed by atoms with Gasteiger partial charge in [0.05, 0.1) is 37.6 Å². The molecule has 0 bridgehead atoms. The second kappa shape index (κ2) is 11.0. The highest BCUT2D eigenvalue weighted by atomic mass is 127. The molecule has 0 radical (unpaired) electrons. The minimum Gasteiger partial charge on any atom is -0.466 e. The fraction of sp³-hybridized carbons (Fsp3) is 0.722. The Kier molecular flexibility index (Phi) is 9.00. The molecule has 2 heterocycles. The van der Waals surface area contributed by atoms with E-state index < -0.39 is 0 Å². The van der Waals surface area contributed by atoms with Gasteiger partial charge in [-0.2, -0.15) is 0 Å². The molecule has 1 aromatic rings.